The van der Waals surface area contributed by atoms with Crippen LogP contribution in [0.5, 0.6) is 0 Å². The Labute approximate surface area is 111 Å². The Morgan fingerprint density at radius 2 is 1.95 bits per heavy atom. The van der Waals surface area contributed by atoms with Crippen LogP contribution in [0.2, 0.25) is 0 Å². The number of nitrogens with zero attached hydrogens (tertiary/aromatic N) is 2. The Morgan fingerprint density at radius 1 is 1.37 bits per heavy atom. The van der Waals surface area contributed by atoms with Gasteiger partial charge in [-0.2, -0.15) is 5.26 Å². The fourth-order valence-electron chi connectivity index (χ4n) is 1.50. The van der Waals surface area contributed by atoms with E-state index in [0.29, 0.717) is 5.69 Å². The number of hydrogen-bond acceptors (Lipinski definition) is 4. The molecule has 0 saturated heterocycles. The quantitative estimate of drug-likeness (QED) is 0.843. The average Bonchev–Trinajstić information content (AvgIpc) is 2.31. The summed E-state index contributed by atoms with van der Waals surface area (Å²) in [4.78, 5) is 10.6. The lowest BCUT2D eigenvalue weighted by molar-refractivity contribution is -0.136. The third-order valence-corrected chi connectivity index (χ3v) is 3.99. The monoisotopic (exact) mass is 282 g/mol. The van der Waals surface area contributed by atoms with Crippen LogP contribution in [0.15, 0.2) is 24.3 Å². The highest BCUT2D eigenvalue weighted by Gasteiger charge is 2.22. The number of carboxylic acid groups (broad SMARTS) is 1. The van der Waals surface area contributed by atoms with Crippen LogP contribution in [0.1, 0.15) is 12.0 Å². The van der Waals surface area contributed by atoms with Crippen molar-refractivity contribution in [1.82, 2.24) is 0 Å². The molecular weight excluding hydrogens is 268 g/mol. The van der Waals surface area contributed by atoms with Gasteiger partial charge in [0, 0.05) is 6.54 Å². The van der Waals surface area contributed by atoms with Crippen molar-refractivity contribution in [3.05, 3.63) is 29.8 Å². The van der Waals surface area contributed by atoms with Crippen molar-refractivity contribution < 1.29 is 18.3 Å². The van der Waals surface area contributed by atoms with Crippen molar-refractivity contribution >= 4 is 21.7 Å². The summed E-state index contributed by atoms with van der Waals surface area (Å²) in [6.07, 6.45) is -0.321. The number of aryl methyl sites for hydroxylation is 1. The molecule has 102 valence electrons. The van der Waals surface area contributed by atoms with E-state index in [1.807, 2.05) is 6.92 Å². The Morgan fingerprint density at radius 3 is 2.42 bits per heavy atom. The highest BCUT2D eigenvalue weighted by molar-refractivity contribution is 7.93. The molecule has 0 amide bonds. The van der Waals surface area contributed by atoms with Crippen molar-refractivity contribution in [2.45, 2.75) is 13.3 Å². The fraction of sp³-hybridized carbons (Fsp3) is 0.333. The van der Waals surface area contributed by atoms with Crippen molar-refractivity contribution in [3.63, 3.8) is 0 Å². The minimum Gasteiger partial charge on any atom is -0.481 e. The lowest BCUT2D eigenvalue weighted by Crippen LogP contribution is -2.34. The number of anilines is 1. The van der Waals surface area contributed by atoms with Gasteiger partial charge in [-0.05, 0) is 19.1 Å². The number of carboxylic acids is 1. The largest absolute Gasteiger partial charge is 0.481 e. The van der Waals surface area contributed by atoms with E-state index < -0.39 is 21.7 Å². The predicted octanol–water partition coefficient (Wildman–Crippen LogP) is 1.13. The minimum absolute atomic E-state index is 0.192. The minimum atomic E-state index is -3.83. The molecule has 1 aromatic rings. The van der Waals surface area contributed by atoms with Crippen LogP contribution < -0.4 is 4.31 Å². The number of hydrogen-bond donors (Lipinski definition) is 1. The summed E-state index contributed by atoms with van der Waals surface area (Å²) in [5.41, 5.74) is 1.32. The Bertz CT molecular complexity index is 587. The summed E-state index contributed by atoms with van der Waals surface area (Å²) in [5, 5.41) is 17.2. The highest BCUT2D eigenvalue weighted by atomic mass is 32.2. The van der Waals surface area contributed by atoms with Crippen molar-refractivity contribution in [2.24, 2.45) is 0 Å². The number of benzene rings is 1. The van der Waals surface area contributed by atoms with Gasteiger partial charge in [0.2, 0.25) is 10.0 Å². The maximum atomic E-state index is 11.9. The van der Waals surface area contributed by atoms with E-state index in [4.69, 9.17) is 10.4 Å². The molecule has 19 heavy (non-hydrogen) atoms. The summed E-state index contributed by atoms with van der Waals surface area (Å²) < 4.78 is 24.8. The summed E-state index contributed by atoms with van der Waals surface area (Å²) >= 11 is 0. The van der Waals surface area contributed by atoms with Gasteiger partial charge >= 0.3 is 5.97 Å². The first-order chi connectivity index (χ1) is 8.86. The van der Waals surface area contributed by atoms with Crippen molar-refractivity contribution in [3.8, 4) is 6.07 Å². The number of aliphatic carboxylic acids is 1. The molecule has 1 N–H and O–H groups in total. The van der Waals surface area contributed by atoms with Crippen LogP contribution in [-0.2, 0) is 14.8 Å². The van der Waals surface area contributed by atoms with Gasteiger partial charge in [0.15, 0.2) is 5.75 Å². The van der Waals surface area contributed by atoms with E-state index in [1.165, 1.54) is 0 Å². The Balaban J connectivity index is 3.09. The molecule has 0 unspecified atom stereocenters. The third-order valence-electron chi connectivity index (χ3n) is 2.43. The van der Waals surface area contributed by atoms with E-state index in [9.17, 15) is 13.2 Å². The second kappa shape index (κ2) is 6.20. The molecule has 1 aromatic carbocycles. The zero-order valence-corrected chi connectivity index (χ0v) is 11.2. The number of rotatable bonds is 6. The molecule has 0 spiro atoms. The first kappa shape index (κ1) is 15.0. The maximum absolute atomic E-state index is 11.9. The van der Waals surface area contributed by atoms with Crippen LogP contribution in [0.3, 0.4) is 0 Å². The first-order valence-electron chi connectivity index (χ1n) is 5.52. The molecule has 0 aliphatic heterocycles. The zero-order chi connectivity index (χ0) is 14.5. The normalized spacial score (nSPS) is 10.7. The van der Waals surface area contributed by atoms with Crippen LogP contribution in [0.25, 0.3) is 0 Å². The molecule has 0 atom stereocenters. The summed E-state index contributed by atoms with van der Waals surface area (Å²) in [6.45, 7) is 1.66. The van der Waals surface area contributed by atoms with Gasteiger partial charge in [0.1, 0.15) is 0 Å². The fourth-order valence-corrected chi connectivity index (χ4v) is 2.63. The van der Waals surface area contributed by atoms with Gasteiger partial charge in [0.05, 0.1) is 18.2 Å². The van der Waals surface area contributed by atoms with Gasteiger partial charge in [-0.15, -0.1) is 0 Å². The summed E-state index contributed by atoms with van der Waals surface area (Å²) in [7, 11) is -3.83. The molecule has 0 bridgehead atoms. The number of sulfonamides is 1. The number of carbonyl (C=O) groups is 1. The molecule has 0 heterocycles. The molecular formula is C12H14N2O4S. The van der Waals surface area contributed by atoms with Crippen LogP contribution in [0, 0.1) is 18.3 Å². The summed E-state index contributed by atoms with van der Waals surface area (Å²) in [6, 6.07) is 8.21. The van der Waals surface area contributed by atoms with Crippen LogP contribution in [-0.4, -0.2) is 31.8 Å². The van der Waals surface area contributed by atoms with E-state index in [1.54, 1.807) is 30.3 Å². The Hall–Kier alpha value is -2.07. The first-order valence-corrected chi connectivity index (χ1v) is 7.13. The maximum Gasteiger partial charge on any atom is 0.305 e. The molecule has 6 nitrogen and oxygen atoms in total. The second-order valence-corrected chi connectivity index (χ2v) is 5.86. The molecule has 0 fully saturated rings. The molecule has 0 radical (unpaired) electrons. The van der Waals surface area contributed by atoms with Gasteiger partial charge in [-0.1, -0.05) is 17.7 Å². The lowest BCUT2D eigenvalue weighted by atomic mass is 10.2. The topological polar surface area (TPSA) is 98.5 Å². The molecule has 7 heteroatoms. The lowest BCUT2D eigenvalue weighted by Gasteiger charge is -2.22. The second-order valence-electron chi connectivity index (χ2n) is 3.97. The Kier molecular flexibility index (Phi) is 4.89. The molecule has 0 aliphatic carbocycles. The van der Waals surface area contributed by atoms with Gasteiger partial charge in [-0.25, -0.2) is 8.42 Å². The van der Waals surface area contributed by atoms with E-state index in [0.717, 1.165) is 9.87 Å². The standard InChI is InChI=1S/C12H14N2O4S/c1-10-2-4-11(5-3-10)14(8-6-12(15)16)19(17,18)9-7-13/h2-5H,6,8-9H2,1H3,(H,15,16). The number of nitriles is 1. The predicted molar refractivity (Wildman–Crippen MR) is 70.2 cm³/mol. The SMILES string of the molecule is Cc1ccc(N(CCC(=O)O)S(=O)(=O)CC#N)cc1. The smallest absolute Gasteiger partial charge is 0.305 e. The molecule has 0 aliphatic rings. The van der Waals surface area contributed by atoms with Crippen LogP contribution >= 0.6 is 0 Å². The van der Waals surface area contributed by atoms with E-state index in [2.05, 4.69) is 0 Å². The molecule has 0 aromatic heterocycles. The van der Waals surface area contributed by atoms with E-state index >= 15 is 0 Å². The van der Waals surface area contributed by atoms with Crippen molar-refractivity contribution in [1.29, 1.82) is 5.26 Å². The molecule has 0 saturated carbocycles. The van der Waals surface area contributed by atoms with Crippen molar-refractivity contribution in [2.75, 3.05) is 16.6 Å². The summed E-state index contributed by atoms with van der Waals surface area (Å²) in [5.74, 6) is -1.77. The van der Waals surface area contributed by atoms with Gasteiger partial charge in [0.25, 0.3) is 0 Å². The van der Waals surface area contributed by atoms with Gasteiger partial charge in [-0.3, -0.25) is 9.10 Å². The third kappa shape index (κ3) is 4.26. The average molecular weight is 282 g/mol. The zero-order valence-electron chi connectivity index (χ0n) is 10.4. The van der Waals surface area contributed by atoms with E-state index in [-0.39, 0.29) is 13.0 Å². The van der Waals surface area contributed by atoms with Gasteiger partial charge < -0.3 is 5.11 Å². The highest BCUT2D eigenvalue weighted by Crippen LogP contribution is 2.19. The molecule has 1 rings (SSSR count). The van der Waals surface area contributed by atoms with Crippen LogP contribution in [0.4, 0.5) is 5.69 Å².